The first-order chi connectivity index (χ1) is 11.6. The van der Waals surface area contributed by atoms with E-state index in [-0.39, 0.29) is 5.82 Å². The Balaban J connectivity index is 1.88. The zero-order valence-electron chi connectivity index (χ0n) is 13.1. The van der Waals surface area contributed by atoms with Gasteiger partial charge in [0, 0.05) is 18.0 Å². The van der Waals surface area contributed by atoms with Crippen molar-refractivity contribution in [1.29, 1.82) is 0 Å². The molecule has 0 saturated heterocycles. The number of fused-ring (bicyclic) bond motifs is 1. The van der Waals surface area contributed by atoms with Gasteiger partial charge in [-0.2, -0.15) is 0 Å². The van der Waals surface area contributed by atoms with Crippen molar-refractivity contribution in [2.75, 3.05) is 5.73 Å². The Bertz CT molecular complexity index is 1040. The standard InChI is InChI=1S/C19H15FN4/c1-12-2-3-14(10-16(12)13-4-6-15(20)7-5-13)18-19(21)24-9-8-22-11-17(24)23-18/h2-11H,21H2,1H3. The lowest BCUT2D eigenvalue weighted by Crippen LogP contribution is -1.94. The third-order valence-corrected chi connectivity index (χ3v) is 4.13. The number of nitrogens with two attached hydrogens (primary N) is 1. The lowest BCUT2D eigenvalue weighted by atomic mass is 9.97. The second-order valence-electron chi connectivity index (χ2n) is 5.69. The van der Waals surface area contributed by atoms with Crippen LogP contribution in [0.25, 0.3) is 28.0 Å². The molecular weight excluding hydrogens is 303 g/mol. The number of nitrogens with zero attached hydrogens (tertiary/aromatic N) is 3. The first-order valence-corrected chi connectivity index (χ1v) is 7.58. The van der Waals surface area contributed by atoms with Gasteiger partial charge in [0.1, 0.15) is 17.3 Å². The van der Waals surface area contributed by atoms with E-state index in [0.717, 1.165) is 22.3 Å². The minimum absolute atomic E-state index is 0.246. The Hall–Kier alpha value is -3.21. The molecule has 4 rings (SSSR count). The Kier molecular flexibility index (Phi) is 3.27. The number of rotatable bonds is 2. The lowest BCUT2D eigenvalue weighted by Gasteiger charge is -2.09. The maximum atomic E-state index is 13.2. The normalized spacial score (nSPS) is 11.1. The number of hydrogen-bond acceptors (Lipinski definition) is 3. The van der Waals surface area contributed by atoms with Gasteiger partial charge in [-0.1, -0.05) is 24.3 Å². The van der Waals surface area contributed by atoms with Gasteiger partial charge >= 0.3 is 0 Å². The van der Waals surface area contributed by atoms with Gasteiger partial charge in [0.2, 0.25) is 0 Å². The van der Waals surface area contributed by atoms with Crippen LogP contribution in [-0.2, 0) is 0 Å². The Labute approximate surface area is 138 Å². The summed E-state index contributed by atoms with van der Waals surface area (Å²) in [4.78, 5) is 8.65. The van der Waals surface area contributed by atoms with Crippen LogP contribution in [0.4, 0.5) is 10.2 Å². The minimum Gasteiger partial charge on any atom is -0.383 e. The maximum absolute atomic E-state index is 13.2. The predicted octanol–water partition coefficient (Wildman–Crippen LogP) is 4.09. The molecule has 0 saturated carbocycles. The second kappa shape index (κ2) is 5.45. The van der Waals surface area contributed by atoms with E-state index in [0.29, 0.717) is 17.2 Å². The fourth-order valence-corrected chi connectivity index (χ4v) is 2.85. The monoisotopic (exact) mass is 318 g/mol. The lowest BCUT2D eigenvalue weighted by molar-refractivity contribution is 0.628. The van der Waals surface area contributed by atoms with E-state index in [4.69, 9.17) is 5.73 Å². The van der Waals surface area contributed by atoms with Crippen molar-refractivity contribution in [3.8, 4) is 22.4 Å². The van der Waals surface area contributed by atoms with Crippen molar-refractivity contribution in [2.45, 2.75) is 6.92 Å². The number of hydrogen-bond donors (Lipinski definition) is 1. The van der Waals surface area contributed by atoms with E-state index in [9.17, 15) is 4.39 Å². The van der Waals surface area contributed by atoms with Gasteiger partial charge in [0.05, 0.1) is 6.20 Å². The summed E-state index contributed by atoms with van der Waals surface area (Å²) < 4.78 is 15.0. The van der Waals surface area contributed by atoms with Gasteiger partial charge in [-0.25, -0.2) is 9.37 Å². The van der Waals surface area contributed by atoms with Crippen LogP contribution in [0.2, 0.25) is 0 Å². The zero-order valence-corrected chi connectivity index (χ0v) is 13.1. The summed E-state index contributed by atoms with van der Waals surface area (Å²) in [5.74, 6) is 0.325. The van der Waals surface area contributed by atoms with E-state index in [2.05, 4.69) is 9.97 Å². The summed E-state index contributed by atoms with van der Waals surface area (Å²) in [5, 5.41) is 0. The molecular formula is C19H15FN4. The molecule has 118 valence electrons. The Morgan fingerprint density at radius 2 is 1.79 bits per heavy atom. The quantitative estimate of drug-likeness (QED) is 0.605. The first kappa shape index (κ1) is 14.4. The predicted molar refractivity (Wildman–Crippen MR) is 93.0 cm³/mol. The summed E-state index contributed by atoms with van der Waals surface area (Å²) in [6.45, 7) is 2.03. The topological polar surface area (TPSA) is 56.2 Å². The summed E-state index contributed by atoms with van der Waals surface area (Å²) in [6, 6.07) is 12.5. The Morgan fingerprint density at radius 3 is 2.54 bits per heavy atom. The molecule has 0 aliphatic rings. The number of benzene rings is 2. The number of aromatic nitrogens is 3. The molecule has 4 aromatic rings. The summed E-state index contributed by atoms with van der Waals surface area (Å²) >= 11 is 0. The van der Waals surface area contributed by atoms with E-state index in [1.807, 2.05) is 25.1 Å². The van der Waals surface area contributed by atoms with Gasteiger partial charge in [-0.3, -0.25) is 9.38 Å². The third kappa shape index (κ3) is 2.31. The number of imidazole rings is 1. The average Bonchev–Trinajstić information content (AvgIpc) is 2.94. The summed E-state index contributed by atoms with van der Waals surface area (Å²) in [7, 11) is 0. The summed E-state index contributed by atoms with van der Waals surface area (Å²) in [6.07, 6.45) is 5.14. The first-order valence-electron chi connectivity index (χ1n) is 7.58. The van der Waals surface area contributed by atoms with Crippen LogP contribution in [-0.4, -0.2) is 14.4 Å². The highest BCUT2D eigenvalue weighted by atomic mass is 19.1. The molecule has 0 unspecified atom stereocenters. The van der Waals surface area contributed by atoms with E-state index < -0.39 is 0 Å². The molecule has 0 fully saturated rings. The molecule has 0 radical (unpaired) electrons. The molecule has 2 aromatic carbocycles. The highest BCUT2D eigenvalue weighted by Crippen LogP contribution is 2.32. The van der Waals surface area contributed by atoms with Gasteiger partial charge < -0.3 is 5.73 Å². The average molecular weight is 318 g/mol. The highest BCUT2D eigenvalue weighted by Gasteiger charge is 2.13. The number of anilines is 1. The van der Waals surface area contributed by atoms with Crippen LogP contribution in [0.15, 0.2) is 61.1 Å². The second-order valence-corrected chi connectivity index (χ2v) is 5.69. The van der Waals surface area contributed by atoms with Crippen LogP contribution in [0.3, 0.4) is 0 Å². The fraction of sp³-hybridized carbons (Fsp3) is 0.0526. The van der Waals surface area contributed by atoms with Gasteiger partial charge in [-0.15, -0.1) is 0 Å². The van der Waals surface area contributed by atoms with E-state index >= 15 is 0 Å². The van der Waals surface area contributed by atoms with Crippen molar-refractivity contribution in [2.24, 2.45) is 0 Å². The smallest absolute Gasteiger partial charge is 0.157 e. The summed E-state index contributed by atoms with van der Waals surface area (Å²) in [5.41, 5.74) is 11.7. The molecule has 0 aliphatic carbocycles. The Morgan fingerprint density at radius 1 is 1.04 bits per heavy atom. The molecule has 0 aliphatic heterocycles. The number of nitrogen functional groups attached to an aromatic ring is 1. The molecule has 2 aromatic heterocycles. The van der Waals surface area contributed by atoms with Crippen molar-refractivity contribution in [3.05, 3.63) is 72.4 Å². The van der Waals surface area contributed by atoms with Crippen LogP contribution < -0.4 is 5.73 Å². The molecule has 4 nitrogen and oxygen atoms in total. The van der Waals surface area contributed by atoms with Crippen molar-refractivity contribution >= 4 is 11.5 Å². The molecule has 24 heavy (non-hydrogen) atoms. The molecule has 5 heteroatoms. The van der Waals surface area contributed by atoms with Gasteiger partial charge in [-0.05, 0) is 41.8 Å². The zero-order chi connectivity index (χ0) is 16.7. The highest BCUT2D eigenvalue weighted by molar-refractivity contribution is 5.80. The van der Waals surface area contributed by atoms with Crippen molar-refractivity contribution in [3.63, 3.8) is 0 Å². The molecule has 0 bridgehead atoms. The SMILES string of the molecule is Cc1ccc(-c2nc3cnccn3c2N)cc1-c1ccc(F)cc1. The largest absolute Gasteiger partial charge is 0.383 e. The van der Waals surface area contributed by atoms with Crippen molar-refractivity contribution < 1.29 is 4.39 Å². The third-order valence-electron chi connectivity index (χ3n) is 4.13. The molecule has 2 heterocycles. The van der Waals surface area contributed by atoms with Crippen LogP contribution in [0, 0.1) is 12.7 Å². The van der Waals surface area contributed by atoms with E-state index in [1.54, 1.807) is 35.1 Å². The molecule has 0 spiro atoms. The van der Waals surface area contributed by atoms with Gasteiger partial charge in [0.15, 0.2) is 5.65 Å². The minimum atomic E-state index is -0.246. The van der Waals surface area contributed by atoms with Crippen LogP contribution >= 0.6 is 0 Å². The number of aryl methyl sites for hydroxylation is 1. The number of halogens is 1. The van der Waals surface area contributed by atoms with Crippen LogP contribution in [0.1, 0.15) is 5.56 Å². The molecule has 0 atom stereocenters. The van der Waals surface area contributed by atoms with Crippen molar-refractivity contribution in [1.82, 2.24) is 14.4 Å². The fourth-order valence-electron chi connectivity index (χ4n) is 2.85. The molecule has 0 amide bonds. The van der Waals surface area contributed by atoms with E-state index in [1.165, 1.54) is 12.1 Å². The molecule has 2 N–H and O–H groups in total. The van der Waals surface area contributed by atoms with Crippen LogP contribution in [0.5, 0.6) is 0 Å². The van der Waals surface area contributed by atoms with Gasteiger partial charge in [0.25, 0.3) is 0 Å². The maximum Gasteiger partial charge on any atom is 0.157 e.